The van der Waals surface area contributed by atoms with Crippen LogP contribution in [0.5, 0.6) is 0 Å². The van der Waals surface area contributed by atoms with Crippen molar-refractivity contribution in [1.29, 1.82) is 0 Å². The molecule has 0 aliphatic carbocycles. The third-order valence-corrected chi connectivity index (χ3v) is 4.24. The van der Waals surface area contributed by atoms with Crippen LogP contribution in [0.2, 0.25) is 0 Å². The lowest BCUT2D eigenvalue weighted by molar-refractivity contribution is 0.0604. The molecule has 2 aromatic heterocycles. The molecule has 3 rings (SSSR count). The summed E-state index contributed by atoms with van der Waals surface area (Å²) in [5.41, 5.74) is 1.50. The van der Waals surface area contributed by atoms with E-state index in [1.165, 1.54) is 0 Å². The van der Waals surface area contributed by atoms with Crippen LogP contribution in [0.25, 0.3) is 0 Å². The van der Waals surface area contributed by atoms with Gasteiger partial charge in [-0.3, -0.25) is 14.4 Å². The van der Waals surface area contributed by atoms with Gasteiger partial charge in [-0.2, -0.15) is 10.1 Å². The number of carbonyl (C=O) groups is 1. The van der Waals surface area contributed by atoms with Gasteiger partial charge in [-0.1, -0.05) is 19.0 Å². The van der Waals surface area contributed by atoms with Crippen LogP contribution < -0.4 is 0 Å². The first kappa shape index (κ1) is 16.6. The Balaban J connectivity index is 1.55. The fraction of sp³-hybridized carbons (Fsp3) is 0.625. The number of nitrogens with zero attached hydrogens (tertiary/aromatic N) is 6. The number of amides is 1. The first-order valence-electron chi connectivity index (χ1n) is 8.29. The molecule has 0 radical (unpaired) electrons. The molecular weight excluding hydrogens is 308 g/mol. The molecule has 0 N–H and O–H groups in total. The van der Waals surface area contributed by atoms with Gasteiger partial charge in [0.2, 0.25) is 5.89 Å². The highest BCUT2D eigenvalue weighted by Gasteiger charge is 2.25. The minimum Gasteiger partial charge on any atom is -0.338 e. The number of aryl methyl sites for hydroxylation is 2. The average Bonchev–Trinajstić information content (AvgIpc) is 3.14. The lowest BCUT2D eigenvalue weighted by atomic mass is 10.2. The van der Waals surface area contributed by atoms with Crippen LogP contribution in [-0.4, -0.2) is 61.8 Å². The Morgan fingerprint density at radius 1 is 1.29 bits per heavy atom. The van der Waals surface area contributed by atoms with Gasteiger partial charge in [-0.25, -0.2) is 0 Å². The van der Waals surface area contributed by atoms with Crippen molar-refractivity contribution in [1.82, 2.24) is 29.7 Å². The maximum Gasteiger partial charge on any atom is 0.272 e. The molecule has 0 unspecified atom stereocenters. The molecule has 1 aliphatic heterocycles. The first-order valence-corrected chi connectivity index (χ1v) is 8.29. The van der Waals surface area contributed by atoms with Crippen molar-refractivity contribution in [2.24, 2.45) is 7.05 Å². The second-order valence-electron chi connectivity index (χ2n) is 6.56. The predicted molar refractivity (Wildman–Crippen MR) is 87.5 cm³/mol. The Morgan fingerprint density at radius 3 is 2.54 bits per heavy atom. The minimum atomic E-state index is 0.0395. The fourth-order valence-electron chi connectivity index (χ4n) is 2.84. The van der Waals surface area contributed by atoms with E-state index >= 15 is 0 Å². The molecule has 0 bridgehead atoms. The maximum absolute atomic E-state index is 12.6. The van der Waals surface area contributed by atoms with Crippen molar-refractivity contribution >= 4 is 5.91 Å². The lowest BCUT2D eigenvalue weighted by Crippen LogP contribution is -2.48. The second-order valence-corrected chi connectivity index (χ2v) is 6.56. The van der Waals surface area contributed by atoms with E-state index in [0.29, 0.717) is 31.2 Å². The highest BCUT2D eigenvalue weighted by atomic mass is 16.5. The molecule has 3 heterocycles. The van der Waals surface area contributed by atoms with Crippen molar-refractivity contribution < 1.29 is 9.32 Å². The molecule has 0 saturated carbocycles. The highest BCUT2D eigenvalue weighted by molar-refractivity contribution is 5.92. The molecule has 24 heavy (non-hydrogen) atoms. The summed E-state index contributed by atoms with van der Waals surface area (Å²) in [5.74, 6) is 1.68. The molecule has 0 spiro atoms. The topological polar surface area (TPSA) is 80.3 Å². The summed E-state index contributed by atoms with van der Waals surface area (Å²) in [6.45, 7) is 9.57. The Labute approximate surface area is 141 Å². The van der Waals surface area contributed by atoms with Gasteiger partial charge < -0.3 is 9.42 Å². The molecule has 0 atom stereocenters. The maximum atomic E-state index is 12.6. The quantitative estimate of drug-likeness (QED) is 0.837. The number of piperazine rings is 1. The third kappa shape index (κ3) is 3.48. The molecular formula is C16H24N6O2. The Bertz CT molecular complexity index is 712. The van der Waals surface area contributed by atoms with Crippen molar-refractivity contribution in [3.8, 4) is 0 Å². The zero-order valence-corrected chi connectivity index (χ0v) is 14.7. The SMILES string of the molecule is Cc1cc(C(=O)N2CCN(Cc3nc(C(C)C)no3)CC2)n(C)n1. The van der Waals surface area contributed by atoms with Crippen LogP contribution in [0.15, 0.2) is 10.6 Å². The van der Waals surface area contributed by atoms with Gasteiger partial charge in [0.25, 0.3) is 5.91 Å². The van der Waals surface area contributed by atoms with E-state index in [2.05, 4.69) is 20.1 Å². The monoisotopic (exact) mass is 332 g/mol. The minimum absolute atomic E-state index is 0.0395. The summed E-state index contributed by atoms with van der Waals surface area (Å²) in [6, 6.07) is 1.83. The molecule has 2 aromatic rings. The molecule has 8 nitrogen and oxygen atoms in total. The van der Waals surface area contributed by atoms with Crippen LogP contribution in [0.1, 0.15) is 47.7 Å². The molecule has 1 amide bonds. The Hall–Kier alpha value is -2.22. The molecule has 1 fully saturated rings. The summed E-state index contributed by atoms with van der Waals surface area (Å²) in [4.78, 5) is 21.1. The van der Waals surface area contributed by atoms with E-state index in [0.717, 1.165) is 24.6 Å². The normalized spacial score (nSPS) is 16.1. The number of hydrogen-bond donors (Lipinski definition) is 0. The lowest BCUT2D eigenvalue weighted by Gasteiger charge is -2.33. The summed E-state index contributed by atoms with van der Waals surface area (Å²) >= 11 is 0. The largest absolute Gasteiger partial charge is 0.338 e. The summed E-state index contributed by atoms with van der Waals surface area (Å²) in [7, 11) is 1.80. The van der Waals surface area contributed by atoms with Crippen LogP contribution in [0.3, 0.4) is 0 Å². The summed E-state index contributed by atoms with van der Waals surface area (Å²) in [5, 5.41) is 8.23. The van der Waals surface area contributed by atoms with Crippen LogP contribution in [0, 0.1) is 6.92 Å². The van der Waals surface area contributed by atoms with Crippen molar-refractivity contribution in [2.75, 3.05) is 26.2 Å². The Kier molecular flexibility index (Phi) is 4.66. The molecule has 130 valence electrons. The number of aromatic nitrogens is 4. The number of carbonyl (C=O) groups excluding carboxylic acids is 1. The average molecular weight is 332 g/mol. The van der Waals surface area contributed by atoms with Crippen LogP contribution in [0.4, 0.5) is 0 Å². The standard InChI is InChI=1S/C16H24N6O2/c1-11(2)15-17-14(24-19-15)10-21-5-7-22(8-6-21)16(23)13-9-12(3)18-20(13)4/h9,11H,5-8,10H2,1-4H3. The van der Waals surface area contributed by atoms with Crippen LogP contribution in [-0.2, 0) is 13.6 Å². The van der Waals surface area contributed by atoms with E-state index in [1.807, 2.05) is 31.7 Å². The molecule has 0 aromatic carbocycles. The molecule has 1 saturated heterocycles. The van der Waals surface area contributed by atoms with Crippen molar-refractivity contribution in [2.45, 2.75) is 33.2 Å². The zero-order valence-electron chi connectivity index (χ0n) is 14.7. The van der Waals surface area contributed by atoms with E-state index in [1.54, 1.807) is 11.7 Å². The second kappa shape index (κ2) is 6.72. The third-order valence-electron chi connectivity index (χ3n) is 4.24. The van der Waals surface area contributed by atoms with Crippen molar-refractivity contribution in [3.63, 3.8) is 0 Å². The number of hydrogen-bond acceptors (Lipinski definition) is 6. The van der Waals surface area contributed by atoms with E-state index < -0.39 is 0 Å². The van der Waals surface area contributed by atoms with Gasteiger partial charge in [-0.05, 0) is 13.0 Å². The van der Waals surface area contributed by atoms with Gasteiger partial charge in [0, 0.05) is 39.1 Å². The fourth-order valence-corrected chi connectivity index (χ4v) is 2.84. The summed E-state index contributed by atoms with van der Waals surface area (Å²) in [6.07, 6.45) is 0. The molecule has 1 aliphatic rings. The van der Waals surface area contributed by atoms with Gasteiger partial charge in [0.1, 0.15) is 5.69 Å². The van der Waals surface area contributed by atoms with E-state index in [4.69, 9.17) is 4.52 Å². The van der Waals surface area contributed by atoms with E-state index in [9.17, 15) is 4.79 Å². The van der Waals surface area contributed by atoms with Crippen LogP contribution >= 0.6 is 0 Å². The Morgan fingerprint density at radius 2 is 2.00 bits per heavy atom. The smallest absolute Gasteiger partial charge is 0.272 e. The highest BCUT2D eigenvalue weighted by Crippen LogP contribution is 2.14. The van der Waals surface area contributed by atoms with Crippen molar-refractivity contribution in [3.05, 3.63) is 29.2 Å². The molecule has 8 heteroatoms. The van der Waals surface area contributed by atoms with E-state index in [-0.39, 0.29) is 11.8 Å². The first-order chi connectivity index (χ1) is 11.4. The van der Waals surface area contributed by atoms with Gasteiger partial charge in [-0.15, -0.1) is 0 Å². The zero-order chi connectivity index (χ0) is 17.3. The predicted octanol–water partition coefficient (Wildman–Crippen LogP) is 1.19. The van der Waals surface area contributed by atoms with Gasteiger partial charge in [0.15, 0.2) is 5.82 Å². The summed E-state index contributed by atoms with van der Waals surface area (Å²) < 4.78 is 6.94. The number of rotatable bonds is 4. The van der Waals surface area contributed by atoms with Gasteiger partial charge >= 0.3 is 0 Å². The van der Waals surface area contributed by atoms with Gasteiger partial charge in [0.05, 0.1) is 12.2 Å².